The van der Waals surface area contributed by atoms with Crippen LogP contribution in [-0.4, -0.2) is 17.7 Å². The molecule has 3 nitrogen and oxygen atoms in total. The molecule has 0 aliphatic carbocycles. The molecular formula is C8H5BrO3. The second kappa shape index (κ2) is 3.49. The zero-order chi connectivity index (χ0) is 9.14. The Labute approximate surface area is 77.1 Å². The lowest BCUT2D eigenvalue weighted by molar-refractivity contribution is 0.111. The first-order chi connectivity index (χ1) is 5.70. The van der Waals surface area contributed by atoms with Gasteiger partial charge in [0, 0.05) is 4.47 Å². The van der Waals surface area contributed by atoms with Crippen LogP contribution in [0.3, 0.4) is 0 Å². The number of phenols is 1. The maximum atomic E-state index is 10.4. The first kappa shape index (κ1) is 8.93. The molecule has 0 fully saturated rings. The molecule has 0 saturated carbocycles. The quantitative estimate of drug-likeness (QED) is 0.786. The summed E-state index contributed by atoms with van der Waals surface area (Å²) in [4.78, 5) is 20.7. The van der Waals surface area contributed by atoms with Gasteiger partial charge in [0.2, 0.25) is 0 Å². The van der Waals surface area contributed by atoms with E-state index in [2.05, 4.69) is 15.9 Å². The van der Waals surface area contributed by atoms with Crippen molar-refractivity contribution in [1.29, 1.82) is 0 Å². The van der Waals surface area contributed by atoms with E-state index >= 15 is 0 Å². The predicted molar refractivity (Wildman–Crippen MR) is 46.6 cm³/mol. The van der Waals surface area contributed by atoms with Crippen molar-refractivity contribution < 1.29 is 14.7 Å². The molecule has 0 aliphatic rings. The first-order valence-corrected chi connectivity index (χ1v) is 3.92. The molecule has 0 amide bonds. The van der Waals surface area contributed by atoms with Crippen molar-refractivity contribution in [2.75, 3.05) is 0 Å². The van der Waals surface area contributed by atoms with Gasteiger partial charge in [-0.2, -0.15) is 0 Å². The smallest absolute Gasteiger partial charge is 0.154 e. The lowest BCUT2D eigenvalue weighted by Crippen LogP contribution is -1.89. The average Bonchev–Trinajstić information content (AvgIpc) is 2.06. The van der Waals surface area contributed by atoms with Crippen molar-refractivity contribution in [3.63, 3.8) is 0 Å². The molecule has 4 heteroatoms. The van der Waals surface area contributed by atoms with Crippen LogP contribution in [0.25, 0.3) is 0 Å². The van der Waals surface area contributed by atoms with Crippen LogP contribution < -0.4 is 0 Å². The number of phenolic OH excluding ortho intramolecular Hbond substituents is 1. The summed E-state index contributed by atoms with van der Waals surface area (Å²) in [5.74, 6) is -0.283. The Hall–Kier alpha value is -1.16. The van der Waals surface area contributed by atoms with Crippen molar-refractivity contribution in [2.45, 2.75) is 0 Å². The summed E-state index contributed by atoms with van der Waals surface area (Å²) in [7, 11) is 0. The molecule has 0 saturated heterocycles. The fourth-order valence-electron chi connectivity index (χ4n) is 0.807. The van der Waals surface area contributed by atoms with Crippen LogP contribution in [0.2, 0.25) is 0 Å². The normalized spacial score (nSPS) is 9.42. The van der Waals surface area contributed by atoms with Crippen molar-refractivity contribution in [3.05, 3.63) is 27.7 Å². The molecule has 0 radical (unpaired) electrons. The minimum atomic E-state index is -0.283. The summed E-state index contributed by atoms with van der Waals surface area (Å²) in [5, 5.41) is 9.28. The van der Waals surface area contributed by atoms with Crippen molar-refractivity contribution in [2.24, 2.45) is 0 Å². The van der Waals surface area contributed by atoms with E-state index in [1.165, 1.54) is 12.1 Å². The molecule has 0 aliphatic heterocycles. The zero-order valence-electron chi connectivity index (χ0n) is 5.95. The molecule has 0 unspecified atom stereocenters. The molecule has 0 aromatic heterocycles. The number of benzene rings is 1. The Morgan fingerprint density at radius 1 is 1.25 bits per heavy atom. The van der Waals surface area contributed by atoms with Gasteiger partial charge >= 0.3 is 0 Å². The number of hydrogen-bond acceptors (Lipinski definition) is 3. The summed E-state index contributed by atoms with van der Waals surface area (Å²) in [6.45, 7) is 0. The number of rotatable bonds is 2. The van der Waals surface area contributed by atoms with Gasteiger partial charge in [0.15, 0.2) is 12.6 Å². The van der Waals surface area contributed by atoms with Crippen LogP contribution in [-0.2, 0) is 0 Å². The topological polar surface area (TPSA) is 54.4 Å². The number of aldehydes is 2. The van der Waals surface area contributed by atoms with Gasteiger partial charge in [-0.1, -0.05) is 0 Å². The van der Waals surface area contributed by atoms with Gasteiger partial charge in [0.1, 0.15) is 5.75 Å². The number of aromatic hydroxyl groups is 1. The molecule has 62 valence electrons. The summed E-state index contributed by atoms with van der Waals surface area (Å²) in [6.07, 6.45) is 0.987. The lowest BCUT2D eigenvalue weighted by Gasteiger charge is -2.01. The molecule has 1 aromatic rings. The van der Waals surface area contributed by atoms with Crippen LogP contribution in [0.5, 0.6) is 5.75 Å². The average molecular weight is 229 g/mol. The van der Waals surface area contributed by atoms with E-state index in [1.807, 2.05) is 0 Å². The highest BCUT2D eigenvalue weighted by Gasteiger charge is 2.08. The first-order valence-electron chi connectivity index (χ1n) is 3.12. The summed E-state index contributed by atoms with van der Waals surface area (Å²) in [6, 6.07) is 2.96. The van der Waals surface area contributed by atoms with E-state index in [1.54, 1.807) is 0 Å². The maximum Gasteiger partial charge on any atom is 0.154 e. The van der Waals surface area contributed by atoms with Crippen molar-refractivity contribution >= 4 is 28.5 Å². The molecule has 12 heavy (non-hydrogen) atoms. The SMILES string of the molecule is O=Cc1ccc(Br)c(C=O)c1O. The number of carbonyl (C=O) groups excluding carboxylic acids is 2. The van der Waals surface area contributed by atoms with Crippen LogP contribution in [0.4, 0.5) is 0 Å². The third-order valence-electron chi connectivity index (χ3n) is 1.44. The van der Waals surface area contributed by atoms with E-state index in [0.717, 1.165) is 0 Å². The van der Waals surface area contributed by atoms with E-state index in [4.69, 9.17) is 0 Å². The number of carbonyl (C=O) groups is 2. The monoisotopic (exact) mass is 228 g/mol. The molecule has 0 atom stereocenters. The Kier molecular flexibility index (Phi) is 2.60. The van der Waals surface area contributed by atoms with Crippen molar-refractivity contribution in [3.8, 4) is 5.75 Å². The van der Waals surface area contributed by atoms with Gasteiger partial charge in [-0.25, -0.2) is 0 Å². The van der Waals surface area contributed by atoms with E-state index < -0.39 is 0 Å². The molecular weight excluding hydrogens is 224 g/mol. The highest BCUT2D eigenvalue weighted by molar-refractivity contribution is 9.10. The Morgan fingerprint density at radius 2 is 1.92 bits per heavy atom. The van der Waals surface area contributed by atoms with Crippen molar-refractivity contribution in [1.82, 2.24) is 0 Å². The molecule has 1 aromatic carbocycles. The molecule has 0 bridgehead atoms. The highest BCUT2D eigenvalue weighted by atomic mass is 79.9. The Morgan fingerprint density at radius 3 is 2.42 bits per heavy atom. The van der Waals surface area contributed by atoms with Gasteiger partial charge in [-0.3, -0.25) is 9.59 Å². The fourth-order valence-corrected chi connectivity index (χ4v) is 1.22. The fraction of sp³-hybridized carbons (Fsp3) is 0. The summed E-state index contributed by atoms with van der Waals surface area (Å²) >= 11 is 3.06. The molecule has 1 N–H and O–H groups in total. The van der Waals surface area contributed by atoms with E-state index in [0.29, 0.717) is 17.0 Å². The third kappa shape index (κ3) is 1.38. The van der Waals surface area contributed by atoms with Crippen LogP contribution in [0.15, 0.2) is 16.6 Å². The zero-order valence-corrected chi connectivity index (χ0v) is 7.54. The number of halogens is 1. The third-order valence-corrected chi connectivity index (χ3v) is 2.13. The summed E-state index contributed by atoms with van der Waals surface area (Å²) in [5.41, 5.74) is 0.208. The van der Waals surface area contributed by atoms with E-state index in [-0.39, 0.29) is 16.9 Å². The maximum absolute atomic E-state index is 10.4. The minimum absolute atomic E-state index is 0.0969. The van der Waals surface area contributed by atoms with Gasteiger partial charge in [-0.05, 0) is 28.1 Å². The second-order valence-electron chi connectivity index (χ2n) is 2.13. The van der Waals surface area contributed by atoms with Crippen LogP contribution >= 0.6 is 15.9 Å². The highest BCUT2D eigenvalue weighted by Crippen LogP contribution is 2.26. The molecule has 0 spiro atoms. The predicted octanol–water partition coefficient (Wildman–Crippen LogP) is 1.78. The lowest BCUT2D eigenvalue weighted by atomic mass is 10.1. The Bertz CT molecular complexity index is 333. The van der Waals surface area contributed by atoms with Gasteiger partial charge in [0.05, 0.1) is 11.1 Å². The minimum Gasteiger partial charge on any atom is -0.506 e. The molecule has 1 rings (SSSR count). The van der Waals surface area contributed by atoms with Gasteiger partial charge in [0.25, 0.3) is 0 Å². The summed E-state index contributed by atoms with van der Waals surface area (Å²) < 4.78 is 0.473. The standard InChI is InChI=1S/C8H5BrO3/c9-7-2-1-5(3-10)8(12)6(7)4-11/h1-4,12H. The van der Waals surface area contributed by atoms with Gasteiger partial charge in [-0.15, -0.1) is 0 Å². The van der Waals surface area contributed by atoms with Crippen LogP contribution in [0.1, 0.15) is 20.7 Å². The molecule has 0 heterocycles. The largest absolute Gasteiger partial charge is 0.506 e. The number of hydrogen-bond donors (Lipinski definition) is 1. The van der Waals surface area contributed by atoms with Crippen LogP contribution in [0, 0.1) is 0 Å². The van der Waals surface area contributed by atoms with E-state index in [9.17, 15) is 14.7 Å². The van der Waals surface area contributed by atoms with Gasteiger partial charge < -0.3 is 5.11 Å². The second-order valence-corrected chi connectivity index (χ2v) is 2.99. The Balaban J connectivity index is 3.43.